The van der Waals surface area contributed by atoms with E-state index in [1.54, 1.807) is 62.8 Å². The summed E-state index contributed by atoms with van der Waals surface area (Å²) in [5, 5.41) is 2.69. The monoisotopic (exact) mass is 399 g/mol. The topological polar surface area (TPSA) is 83.1 Å². The van der Waals surface area contributed by atoms with Gasteiger partial charge >= 0.3 is 5.97 Å². The SMILES string of the molecule is CCOc1ccc(NC(=O)[C@@H](C)OC(=O)/C=C/c2cc(OC)cc(OC)c2)cc1. The van der Waals surface area contributed by atoms with Gasteiger partial charge in [0.25, 0.3) is 5.91 Å². The van der Waals surface area contributed by atoms with E-state index in [9.17, 15) is 9.59 Å². The quantitative estimate of drug-likeness (QED) is 0.512. The number of amides is 1. The molecule has 7 nitrogen and oxygen atoms in total. The highest BCUT2D eigenvalue weighted by molar-refractivity contribution is 5.96. The van der Waals surface area contributed by atoms with Crippen molar-refractivity contribution in [3.63, 3.8) is 0 Å². The lowest BCUT2D eigenvalue weighted by Crippen LogP contribution is -2.29. The highest BCUT2D eigenvalue weighted by atomic mass is 16.5. The van der Waals surface area contributed by atoms with E-state index in [1.807, 2.05) is 6.92 Å². The van der Waals surface area contributed by atoms with Crippen molar-refractivity contribution in [2.24, 2.45) is 0 Å². The third kappa shape index (κ3) is 6.88. The predicted molar refractivity (Wildman–Crippen MR) is 110 cm³/mol. The van der Waals surface area contributed by atoms with Gasteiger partial charge in [-0.15, -0.1) is 0 Å². The smallest absolute Gasteiger partial charge is 0.331 e. The van der Waals surface area contributed by atoms with Crippen molar-refractivity contribution >= 4 is 23.6 Å². The molecular formula is C22H25NO6. The summed E-state index contributed by atoms with van der Waals surface area (Å²) < 4.78 is 20.9. The van der Waals surface area contributed by atoms with Gasteiger partial charge in [0.2, 0.25) is 0 Å². The second-order valence-corrected chi connectivity index (χ2v) is 6.01. The Balaban J connectivity index is 1.92. The lowest BCUT2D eigenvalue weighted by molar-refractivity contribution is -0.148. The highest BCUT2D eigenvalue weighted by Gasteiger charge is 2.16. The maximum absolute atomic E-state index is 12.2. The third-order valence-electron chi connectivity index (χ3n) is 3.88. The van der Waals surface area contributed by atoms with Crippen LogP contribution in [0.4, 0.5) is 5.69 Å². The Morgan fingerprint density at radius 2 is 1.62 bits per heavy atom. The molecule has 29 heavy (non-hydrogen) atoms. The number of ether oxygens (including phenoxy) is 4. The van der Waals surface area contributed by atoms with E-state index in [2.05, 4.69) is 5.32 Å². The number of carbonyl (C=O) groups is 2. The fourth-order valence-electron chi connectivity index (χ4n) is 2.40. The molecule has 0 saturated heterocycles. The van der Waals surface area contributed by atoms with Gasteiger partial charge in [-0.1, -0.05) is 0 Å². The molecule has 0 aliphatic rings. The Bertz CT molecular complexity index is 838. The molecule has 2 rings (SSSR count). The third-order valence-corrected chi connectivity index (χ3v) is 3.88. The largest absolute Gasteiger partial charge is 0.497 e. The van der Waals surface area contributed by atoms with Crippen LogP contribution >= 0.6 is 0 Å². The van der Waals surface area contributed by atoms with Crippen molar-refractivity contribution in [1.82, 2.24) is 0 Å². The van der Waals surface area contributed by atoms with E-state index in [1.165, 1.54) is 13.0 Å². The lowest BCUT2D eigenvalue weighted by atomic mass is 10.2. The van der Waals surface area contributed by atoms with Crippen LogP contribution in [0.1, 0.15) is 19.4 Å². The van der Waals surface area contributed by atoms with E-state index in [-0.39, 0.29) is 0 Å². The molecule has 1 N–H and O–H groups in total. The van der Waals surface area contributed by atoms with Crippen molar-refractivity contribution in [3.05, 3.63) is 54.1 Å². The first-order valence-electron chi connectivity index (χ1n) is 9.10. The van der Waals surface area contributed by atoms with Gasteiger partial charge in [0.05, 0.1) is 20.8 Å². The number of methoxy groups -OCH3 is 2. The summed E-state index contributed by atoms with van der Waals surface area (Å²) in [5.74, 6) is 0.838. The van der Waals surface area contributed by atoms with Gasteiger partial charge in [0.1, 0.15) is 17.2 Å². The molecule has 2 aromatic carbocycles. The van der Waals surface area contributed by atoms with Gasteiger partial charge in [-0.3, -0.25) is 4.79 Å². The minimum atomic E-state index is -0.960. The number of carbonyl (C=O) groups excluding carboxylic acids is 2. The first-order chi connectivity index (χ1) is 13.9. The van der Waals surface area contributed by atoms with Gasteiger partial charge < -0.3 is 24.3 Å². The Morgan fingerprint density at radius 1 is 1.00 bits per heavy atom. The standard InChI is InChI=1S/C22H25NO6/c1-5-28-18-9-7-17(8-10-18)23-22(25)15(2)29-21(24)11-6-16-12-19(26-3)14-20(13-16)27-4/h6-15H,5H2,1-4H3,(H,23,25)/b11-6+/t15-/m1/s1. The molecule has 1 atom stereocenters. The van der Waals surface area contributed by atoms with Crippen LogP contribution in [0.5, 0.6) is 17.2 Å². The zero-order chi connectivity index (χ0) is 21.2. The molecule has 2 aromatic rings. The molecule has 0 fully saturated rings. The highest BCUT2D eigenvalue weighted by Crippen LogP contribution is 2.23. The van der Waals surface area contributed by atoms with E-state index in [4.69, 9.17) is 18.9 Å². The van der Waals surface area contributed by atoms with Gasteiger partial charge in [-0.05, 0) is 61.9 Å². The van der Waals surface area contributed by atoms with Crippen LogP contribution in [0.2, 0.25) is 0 Å². The summed E-state index contributed by atoms with van der Waals surface area (Å²) in [6.07, 6.45) is 1.85. The van der Waals surface area contributed by atoms with Crippen molar-refractivity contribution in [3.8, 4) is 17.2 Å². The number of benzene rings is 2. The van der Waals surface area contributed by atoms with E-state index in [0.717, 1.165) is 0 Å². The molecule has 7 heteroatoms. The molecule has 0 unspecified atom stereocenters. The molecule has 1 amide bonds. The molecule has 0 saturated carbocycles. The summed E-state index contributed by atoms with van der Waals surface area (Å²) in [6.45, 7) is 3.96. The molecule has 0 aliphatic heterocycles. The van der Waals surface area contributed by atoms with E-state index in [0.29, 0.717) is 35.1 Å². The molecule has 0 spiro atoms. The maximum Gasteiger partial charge on any atom is 0.331 e. The number of hydrogen-bond donors (Lipinski definition) is 1. The lowest BCUT2D eigenvalue weighted by Gasteiger charge is -2.13. The molecule has 0 radical (unpaired) electrons. The molecule has 0 aromatic heterocycles. The summed E-state index contributed by atoms with van der Waals surface area (Å²) in [4.78, 5) is 24.3. The Hall–Kier alpha value is -3.48. The van der Waals surface area contributed by atoms with Crippen LogP contribution in [0, 0.1) is 0 Å². The van der Waals surface area contributed by atoms with Crippen molar-refractivity contribution < 1.29 is 28.5 Å². The summed E-state index contributed by atoms with van der Waals surface area (Å²) in [6, 6.07) is 12.1. The zero-order valence-electron chi connectivity index (χ0n) is 16.9. The van der Waals surface area contributed by atoms with Gasteiger partial charge in [0, 0.05) is 17.8 Å². The normalized spacial score (nSPS) is 11.6. The second kappa shape index (κ2) is 10.8. The Morgan fingerprint density at radius 3 is 2.17 bits per heavy atom. The number of anilines is 1. The summed E-state index contributed by atoms with van der Waals surface area (Å²) in [7, 11) is 3.09. The number of nitrogens with one attached hydrogen (secondary N) is 1. The van der Waals surface area contributed by atoms with Crippen LogP contribution < -0.4 is 19.5 Å². The molecule has 0 aliphatic carbocycles. The van der Waals surface area contributed by atoms with Crippen LogP contribution in [-0.4, -0.2) is 38.8 Å². The fraction of sp³-hybridized carbons (Fsp3) is 0.273. The Kier molecular flexibility index (Phi) is 8.09. The molecule has 0 heterocycles. The van der Waals surface area contributed by atoms with Crippen LogP contribution in [0.15, 0.2) is 48.5 Å². The van der Waals surface area contributed by atoms with E-state index >= 15 is 0 Å². The summed E-state index contributed by atoms with van der Waals surface area (Å²) >= 11 is 0. The first kappa shape index (κ1) is 21.8. The van der Waals surface area contributed by atoms with Crippen molar-refractivity contribution in [2.75, 3.05) is 26.1 Å². The second-order valence-electron chi connectivity index (χ2n) is 6.01. The number of hydrogen-bond acceptors (Lipinski definition) is 6. The minimum absolute atomic E-state index is 0.432. The van der Waals surface area contributed by atoms with Gasteiger partial charge in [-0.25, -0.2) is 4.79 Å². The molecule has 154 valence electrons. The molecule has 0 bridgehead atoms. The average Bonchev–Trinajstić information content (AvgIpc) is 2.73. The van der Waals surface area contributed by atoms with Crippen LogP contribution in [0.3, 0.4) is 0 Å². The van der Waals surface area contributed by atoms with Gasteiger partial charge in [-0.2, -0.15) is 0 Å². The maximum atomic E-state index is 12.2. The van der Waals surface area contributed by atoms with Crippen LogP contribution in [-0.2, 0) is 14.3 Å². The predicted octanol–water partition coefficient (Wildman–Crippen LogP) is 3.69. The number of rotatable bonds is 9. The van der Waals surface area contributed by atoms with E-state index < -0.39 is 18.0 Å². The fourth-order valence-corrected chi connectivity index (χ4v) is 2.40. The Labute approximate surface area is 170 Å². The first-order valence-corrected chi connectivity index (χ1v) is 9.10. The summed E-state index contributed by atoms with van der Waals surface area (Å²) in [5.41, 5.74) is 1.28. The van der Waals surface area contributed by atoms with Crippen molar-refractivity contribution in [1.29, 1.82) is 0 Å². The van der Waals surface area contributed by atoms with Crippen LogP contribution in [0.25, 0.3) is 6.08 Å². The zero-order valence-corrected chi connectivity index (χ0v) is 16.9. The average molecular weight is 399 g/mol. The minimum Gasteiger partial charge on any atom is -0.497 e. The van der Waals surface area contributed by atoms with Crippen molar-refractivity contribution in [2.45, 2.75) is 20.0 Å². The van der Waals surface area contributed by atoms with Gasteiger partial charge in [0.15, 0.2) is 6.10 Å². The number of esters is 1. The molecular weight excluding hydrogens is 374 g/mol.